The van der Waals surface area contributed by atoms with Gasteiger partial charge in [0.25, 0.3) is 0 Å². The minimum atomic E-state index is 0.407. The van der Waals surface area contributed by atoms with Gasteiger partial charge in [-0.3, -0.25) is 4.90 Å². The monoisotopic (exact) mass is 250 g/mol. The summed E-state index contributed by atoms with van der Waals surface area (Å²) in [6, 6.07) is 1.45. The van der Waals surface area contributed by atoms with Crippen molar-refractivity contribution in [1.82, 2.24) is 10.2 Å². The lowest BCUT2D eigenvalue weighted by Crippen LogP contribution is -2.67. The van der Waals surface area contributed by atoms with Gasteiger partial charge >= 0.3 is 0 Å². The summed E-state index contributed by atoms with van der Waals surface area (Å²) in [4.78, 5) is 2.84. The summed E-state index contributed by atoms with van der Waals surface area (Å²) in [6.07, 6.45) is 7.03. The third-order valence-corrected chi connectivity index (χ3v) is 5.77. The Balaban J connectivity index is 1.54. The first kappa shape index (κ1) is 11.7. The van der Waals surface area contributed by atoms with Gasteiger partial charge in [0.15, 0.2) is 0 Å². The Morgan fingerprint density at radius 3 is 2.61 bits per heavy atom. The van der Waals surface area contributed by atoms with E-state index in [0.717, 1.165) is 31.1 Å². The molecule has 2 saturated carbocycles. The smallest absolute Gasteiger partial charge is 0.0622 e. The van der Waals surface area contributed by atoms with E-state index in [1.165, 1.54) is 45.2 Å². The molecule has 0 aromatic heterocycles. The molecule has 0 aromatic carbocycles. The predicted molar refractivity (Wildman–Crippen MR) is 71.6 cm³/mol. The molecule has 18 heavy (non-hydrogen) atoms. The van der Waals surface area contributed by atoms with E-state index in [1.807, 2.05) is 0 Å². The van der Waals surface area contributed by atoms with Crippen LogP contribution in [0.5, 0.6) is 0 Å². The summed E-state index contributed by atoms with van der Waals surface area (Å²) in [6.45, 7) is 6.92. The highest BCUT2D eigenvalue weighted by atomic mass is 16.5. The first-order valence-corrected chi connectivity index (χ1v) is 7.85. The lowest BCUT2D eigenvalue weighted by atomic mass is 9.87. The lowest BCUT2D eigenvalue weighted by molar-refractivity contribution is -0.00859. The number of rotatable bonds is 3. The second-order valence-corrected chi connectivity index (χ2v) is 7.13. The number of ether oxygens (including phenoxy) is 1. The molecule has 4 fully saturated rings. The van der Waals surface area contributed by atoms with Crippen LogP contribution in [0, 0.1) is 11.8 Å². The maximum Gasteiger partial charge on any atom is 0.0622 e. The molecule has 2 aliphatic carbocycles. The van der Waals surface area contributed by atoms with E-state index in [2.05, 4.69) is 17.1 Å². The van der Waals surface area contributed by atoms with Gasteiger partial charge in [-0.25, -0.2) is 0 Å². The Hall–Kier alpha value is -0.120. The molecule has 3 heteroatoms. The lowest BCUT2D eigenvalue weighted by Gasteiger charge is -2.51. The zero-order valence-corrected chi connectivity index (χ0v) is 11.5. The number of nitrogens with one attached hydrogen (secondary N) is 1. The number of piperazine rings is 1. The average molecular weight is 250 g/mol. The fraction of sp³-hybridized carbons (Fsp3) is 1.00. The minimum absolute atomic E-state index is 0.407. The first-order valence-electron chi connectivity index (χ1n) is 7.85. The van der Waals surface area contributed by atoms with E-state index in [1.54, 1.807) is 0 Å². The molecule has 0 amide bonds. The molecular formula is C15H26N2O. The second kappa shape index (κ2) is 4.19. The van der Waals surface area contributed by atoms with Gasteiger partial charge < -0.3 is 10.1 Å². The molecule has 3 unspecified atom stereocenters. The molecule has 0 spiro atoms. The van der Waals surface area contributed by atoms with Gasteiger partial charge in [0, 0.05) is 37.3 Å². The maximum atomic E-state index is 5.65. The normalized spacial score (nSPS) is 46.5. The molecular weight excluding hydrogens is 224 g/mol. The fourth-order valence-electron chi connectivity index (χ4n) is 4.16. The zero-order valence-electron chi connectivity index (χ0n) is 11.5. The van der Waals surface area contributed by atoms with E-state index in [-0.39, 0.29) is 0 Å². The Labute approximate surface area is 110 Å². The summed E-state index contributed by atoms with van der Waals surface area (Å²) in [5, 5.41) is 3.86. The molecule has 0 bridgehead atoms. The van der Waals surface area contributed by atoms with Gasteiger partial charge in [0.1, 0.15) is 0 Å². The predicted octanol–water partition coefficient (Wildman–Crippen LogP) is 1.63. The molecule has 4 rings (SSSR count). The topological polar surface area (TPSA) is 24.5 Å². The van der Waals surface area contributed by atoms with Crippen molar-refractivity contribution in [3.05, 3.63) is 0 Å². The molecule has 102 valence electrons. The Morgan fingerprint density at radius 1 is 1.17 bits per heavy atom. The van der Waals surface area contributed by atoms with Crippen molar-refractivity contribution in [2.24, 2.45) is 11.8 Å². The number of hydrogen-bond donors (Lipinski definition) is 1. The SMILES string of the molecule is CC1(C2CC2)CNC(C2CC2)CN1C1CCOC1. The highest BCUT2D eigenvalue weighted by Crippen LogP contribution is 2.47. The first-order chi connectivity index (χ1) is 8.77. The van der Waals surface area contributed by atoms with Crippen LogP contribution in [0.4, 0.5) is 0 Å². The van der Waals surface area contributed by atoms with Crippen molar-refractivity contribution in [3.8, 4) is 0 Å². The van der Waals surface area contributed by atoms with E-state index in [0.29, 0.717) is 11.6 Å². The molecule has 2 heterocycles. The van der Waals surface area contributed by atoms with E-state index in [4.69, 9.17) is 4.74 Å². The molecule has 0 radical (unpaired) electrons. The molecule has 2 aliphatic heterocycles. The van der Waals surface area contributed by atoms with E-state index in [9.17, 15) is 0 Å². The Morgan fingerprint density at radius 2 is 2.00 bits per heavy atom. The van der Waals surface area contributed by atoms with Gasteiger partial charge in [0.05, 0.1) is 6.61 Å². The van der Waals surface area contributed by atoms with Crippen molar-refractivity contribution >= 4 is 0 Å². The van der Waals surface area contributed by atoms with Gasteiger partial charge in [0.2, 0.25) is 0 Å². The quantitative estimate of drug-likeness (QED) is 0.824. The standard InChI is InChI=1S/C15H26N2O/c1-15(12-4-5-12)10-16-14(11-2-3-11)8-17(15)13-6-7-18-9-13/h11-14,16H,2-10H2,1H3. The zero-order chi connectivity index (χ0) is 12.2. The molecule has 3 nitrogen and oxygen atoms in total. The third kappa shape index (κ3) is 1.91. The summed E-state index contributed by atoms with van der Waals surface area (Å²) >= 11 is 0. The molecule has 3 atom stereocenters. The van der Waals surface area contributed by atoms with Crippen LogP contribution in [0.3, 0.4) is 0 Å². The van der Waals surface area contributed by atoms with Crippen LogP contribution in [0.25, 0.3) is 0 Å². The van der Waals surface area contributed by atoms with Gasteiger partial charge in [-0.1, -0.05) is 0 Å². The summed E-state index contributed by atoms with van der Waals surface area (Å²) in [7, 11) is 0. The van der Waals surface area contributed by atoms with Crippen molar-refractivity contribution < 1.29 is 4.74 Å². The van der Waals surface area contributed by atoms with Gasteiger partial charge in [-0.05, 0) is 50.9 Å². The van der Waals surface area contributed by atoms with Crippen LogP contribution < -0.4 is 5.32 Å². The van der Waals surface area contributed by atoms with Crippen LogP contribution in [-0.2, 0) is 4.74 Å². The van der Waals surface area contributed by atoms with E-state index >= 15 is 0 Å². The second-order valence-electron chi connectivity index (χ2n) is 7.13. The van der Waals surface area contributed by atoms with Crippen LogP contribution in [0.2, 0.25) is 0 Å². The Kier molecular flexibility index (Phi) is 2.72. The van der Waals surface area contributed by atoms with Crippen LogP contribution in [-0.4, -0.2) is 48.8 Å². The van der Waals surface area contributed by atoms with Crippen molar-refractivity contribution in [3.63, 3.8) is 0 Å². The molecule has 2 saturated heterocycles. The minimum Gasteiger partial charge on any atom is -0.380 e. The summed E-state index contributed by atoms with van der Waals surface area (Å²) < 4.78 is 5.65. The highest BCUT2D eigenvalue weighted by molar-refractivity contribution is 5.08. The van der Waals surface area contributed by atoms with E-state index < -0.39 is 0 Å². The fourth-order valence-corrected chi connectivity index (χ4v) is 4.16. The van der Waals surface area contributed by atoms with Crippen molar-refractivity contribution in [2.75, 3.05) is 26.3 Å². The highest BCUT2D eigenvalue weighted by Gasteiger charge is 2.52. The maximum absolute atomic E-state index is 5.65. The Bertz CT molecular complexity index is 320. The summed E-state index contributed by atoms with van der Waals surface area (Å²) in [5.74, 6) is 1.91. The van der Waals surface area contributed by atoms with Gasteiger partial charge in [-0.2, -0.15) is 0 Å². The van der Waals surface area contributed by atoms with Crippen molar-refractivity contribution in [1.29, 1.82) is 0 Å². The molecule has 4 aliphatic rings. The number of nitrogens with zero attached hydrogens (tertiary/aromatic N) is 1. The average Bonchev–Trinajstić information content (AvgIpc) is 3.28. The van der Waals surface area contributed by atoms with Crippen LogP contribution >= 0.6 is 0 Å². The summed E-state index contributed by atoms with van der Waals surface area (Å²) in [5.41, 5.74) is 0.407. The molecule has 1 N–H and O–H groups in total. The van der Waals surface area contributed by atoms with Crippen LogP contribution in [0.1, 0.15) is 39.0 Å². The van der Waals surface area contributed by atoms with Crippen molar-refractivity contribution in [2.45, 2.75) is 56.7 Å². The van der Waals surface area contributed by atoms with Gasteiger partial charge in [-0.15, -0.1) is 0 Å². The number of hydrogen-bond acceptors (Lipinski definition) is 3. The largest absolute Gasteiger partial charge is 0.380 e. The van der Waals surface area contributed by atoms with Crippen LogP contribution in [0.15, 0.2) is 0 Å². The third-order valence-electron chi connectivity index (χ3n) is 5.77. The molecule has 0 aromatic rings.